The van der Waals surface area contributed by atoms with Crippen LogP contribution in [0, 0.1) is 0 Å². The topological polar surface area (TPSA) is 143 Å². The molecular weight excluding hydrogens is 571 g/mol. The molecule has 40 heavy (non-hydrogen) atoms. The Balaban J connectivity index is 1.28. The fourth-order valence-corrected chi connectivity index (χ4v) is 7.18. The zero-order chi connectivity index (χ0) is 27.5. The number of hydrogen-bond acceptors (Lipinski definition) is 11. The normalized spacial score (nSPS) is 18.3. The van der Waals surface area contributed by atoms with Crippen molar-refractivity contribution in [2.45, 2.75) is 29.1 Å². The number of hydrogen-bond donors (Lipinski definition) is 2. The van der Waals surface area contributed by atoms with E-state index >= 15 is 0 Å². The summed E-state index contributed by atoms with van der Waals surface area (Å²) >= 11 is 3.66. The highest BCUT2D eigenvalue weighted by atomic mass is 32.2. The van der Waals surface area contributed by atoms with E-state index in [1.807, 2.05) is 60.7 Å². The highest BCUT2D eigenvalue weighted by Crippen LogP contribution is 2.45. The van der Waals surface area contributed by atoms with Crippen molar-refractivity contribution in [2.75, 3.05) is 5.75 Å². The average Bonchev–Trinajstić information content (AvgIpc) is 3.70. The minimum atomic E-state index is -0.777. The van der Waals surface area contributed by atoms with Crippen molar-refractivity contribution in [3.63, 3.8) is 0 Å². The number of benzene rings is 2. The van der Waals surface area contributed by atoms with Crippen molar-refractivity contribution in [3.05, 3.63) is 101 Å². The molecule has 2 N–H and O–H groups in total. The molecule has 2 amide bonds. The second-order valence-electron chi connectivity index (χ2n) is 8.79. The lowest BCUT2D eigenvalue weighted by molar-refractivity contribution is -0.154. The number of β-lactam (4-membered cyclic amide) rings is 1. The Morgan fingerprint density at radius 3 is 2.48 bits per heavy atom. The number of thioether (sulfide) groups is 2. The zero-order valence-electron chi connectivity index (χ0n) is 20.7. The molecule has 2 aromatic heterocycles. The number of H-pyrrole nitrogens is 1. The molecule has 2 atom stereocenters. The van der Waals surface area contributed by atoms with Crippen LogP contribution in [-0.2, 0) is 25.5 Å². The number of ether oxygens (including phenoxy) is 1. The van der Waals surface area contributed by atoms with Crippen molar-refractivity contribution in [1.82, 2.24) is 34.1 Å². The third-order valence-electron chi connectivity index (χ3n) is 6.23. The van der Waals surface area contributed by atoms with Crippen LogP contribution in [0.2, 0.25) is 0 Å². The number of nitrogens with zero attached hydrogens (tertiary/aromatic N) is 5. The number of aromatic amines is 1. The molecule has 0 spiro atoms. The second kappa shape index (κ2) is 11.6. The van der Waals surface area contributed by atoms with Gasteiger partial charge in [-0.25, -0.2) is 9.78 Å². The summed E-state index contributed by atoms with van der Waals surface area (Å²) in [6.07, 6.45) is 2.29. The molecule has 0 saturated carbocycles. The molecule has 4 heterocycles. The van der Waals surface area contributed by atoms with E-state index in [4.69, 9.17) is 4.74 Å². The average molecular weight is 592 g/mol. The highest BCUT2D eigenvalue weighted by molar-refractivity contribution is 8.06. The van der Waals surface area contributed by atoms with Gasteiger partial charge in [0.1, 0.15) is 23.4 Å². The quantitative estimate of drug-likeness (QED) is 0.220. The van der Waals surface area contributed by atoms with Crippen LogP contribution in [-0.4, -0.2) is 63.8 Å². The standard InChI is InChI=1S/C26H21N7O4S3/c34-19(11-17-12-29-40-32-17)30-20-23(35)33-21(18(13-38-24(20)33)39-26-27-14-28-31-26)25(36)37-22(15-7-3-1-4-8-15)16-9-5-2-6-10-16/h1-10,12,14,20,22,24H,11,13H2,(H,30,34)(H,27,28,31)/t20-,24+/m1/s1. The highest BCUT2D eigenvalue weighted by Gasteiger charge is 2.55. The first-order chi connectivity index (χ1) is 19.6. The first kappa shape index (κ1) is 26.2. The maximum atomic E-state index is 13.9. The van der Waals surface area contributed by atoms with Crippen molar-refractivity contribution in [1.29, 1.82) is 0 Å². The molecule has 0 bridgehead atoms. The van der Waals surface area contributed by atoms with E-state index < -0.39 is 29.4 Å². The molecule has 0 radical (unpaired) electrons. The SMILES string of the molecule is O=C(Cc1cnsn1)N[C@@H]1C(=O)N2C(C(=O)OC(c3ccccc3)c3ccccc3)=C(Sc3nc[nH]n3)CS[C@@H]12. The zero-order valence-corrected chi connectivity index (χ0v) is 23.1. The van der Waals surface area contributed by atoms with Gasteiger partial charge in [-0.15, -0.1) is 16.9 Å². The van der Waals surface area contributed by atoms with Gasteiger partial charge in [-0.2, -0.15) is 8.75 Å². The number of rotatable bonds is 9. The molecule has 2 aromatic carbocycles. The van der Waals surface area contributed by atoms with Gasteiger partial charge in [0.25, 0.3) is 5.91 Å². The summed E-state index contributed by atoms with van der Waals surface area (Å²) in [5.74, 6) is -0.971. The van der Waals surface area contributed by atoms with Crippen LogP contribution in [0.25, 0.3) is 0 Å². The molecule has 2 aliphatic heterocycles. The Bertz CT molecular complexity index is 1490. The van der Waals surface area contributed by atoms with E-state index in [9.17, 15) is 14.4 Å². The number of carbonyl (C=O) groups excluding carboxylic acids is 3. The third-order valence-corrected chi connectivity index (χ3v) is 9.17. The lowest BCUT2D eigenvalue weighted by Gasteiger charge is -2.49. The summed E-state index contributed by atoms with van der Waals surface area (Å²) < 4.78 is 14.1. The van der Waals surface area contributed by atoms with Gasteiger partial charge in [0.15, 0.2) is 6.10 Å². The molecule has 6 rings (SSSR count). The summed E-state index contributed by atoms with van der Waals surface area (Å²) in [6, 6.07) is 18.1. The van der Waals surface area contributed by atoms with Crippen LogP contribution in [0.3, 0.4) is 0 Å². The number of aromatic nitrogens is 5. The summed E-state index contributed by atoms with van der Waals surface area (Å²) in [6.45, 7) is 0. The van der Waals surface area contributed by atoms with Gasteiger partial charge in [-0.1, -0.05) is 60.7 Å². The number of nitrogens with one attached hydrogen (secondary N) is 2. The smallest absolute Gasteiger partial charge is 0.356 e. The van der Waals surface area contributed by atoms with Gasteiger partial charge in [0, 0.05) is 10.7 Å². The molecule has 11 nitrogen and oxygen atoms in total. The van der Waals surface area contributed by atoms with E-state index in [-0.39, 0.29) is 18.0 Å². The van der Waals surface area contributed by atoms with Crippen molar-refractivity contribution in [3.8, 4) is 0 Å². The van der Waals surface area contributed by atoms with Gasteiger partial charge in [0.05, 0.1) is 30.0 Å². The number of amides is 2. The van der Waals surface area contributed by atoms with Crippen LogP contribution >= 0.6 is 35.3 Å². The van der Waals surface area contributed by atoms with E-state index in [2.05, 4.69) is 29.2 Å². The minimum Gasteiger partial charge on any atom is -0.448 e. The largest absolute Gasteiger partial charge is 0.448 e. The molecule has 1 saturated heterocycles. The van der Waals surface area contributed by atoms with Crippen LogP contribution in [0.1, 0.15) is 22.9 Å². The van der Waals surface area contributed by atoms with Crippen LogP contribution in [0.5, 0.6) is 0 Å². The predicted molar refractivity (Wildman–Crippen MR) is 149 cm³/mol. The maximum Gasteiger partial charge on any atom is 0.356 e. The summed E-state index contributed by atoms with van der Waals surface area (Å²) in [5.41, 5.74) is 2.26. The van der Waals surface area contributed by atoms with Gasteiger partial charge in [-0.3, -0.25) is 19.6 Å². The van der Waals surface area contributed by atoms with Gasteiger partial charge >= 0.3 is 5.97 Å². The minimum absolute atomic E-state index is 0.0180. The molecule has 2 aliphatic rings. The van der Waals surface area contributed by atoms with Crippen LogP contribution < -0.4 is 5.32 Å². The first-order valence-electron chi connectivity index (χ1n) is 12.2. The Hall–Kier alpha value is -4.01. The molecular formula is C26H21N7O4S3. The second-order valence-corrected chi connectivity index (χ2v) is 11.5. The summed E-state index contributed by atoms with van der Waals surface area (Å²) in [4.78, 5) is 46.1. The fourth-order valence-electron chi connectivity index (χ4n) is 4.41. The van der Waals surface area contributed by atoms with Gasteiger partial charge < -0.3 is 10.1 Å². The Morgan fingerprint density at radius 1 is 1.12 bits per heavy atom. The molecule has 14 heteroatoms. The Morgan fingerprint density at radius 2 is 1.85 bits per heavy atom. The summed E-state index contributed by atoms with van der Waals surface area (Å²) in [7, 11) is 0. The van der Waals surface area contributed by atoms with Crippen molar-refractivity contribution in [2.24, 2.45) is 0 Å². The van der Waals surface area contributed by atoms with Gasteiger partial charge in [-0.05, 0) is 22.9 Å². The first-order valence-corrected chi connectivity index (χ1v) is 14.8. The molecule has 0 unspecified atom stereocenters. The summed E-state index contributed by atoms with van der Waals surface area (Å²) in [5, 5.41) is 9.50. The molecule has 0 aliphatic carbocycles. The third kappa shape index (κ3) is 5.37. The Labute approximate surface area is 241 Å². The molecule has 4 aromatic rings. The monoisotopic (exact) mass is 591 g/mol. The maximum absolute atomic E-state index is 13.9. The molecule has 1 fully saturated rings. The fraction of sp³-hybridized carbons (Fsp3) is 0.192. The Kier molecular flexibility index (Phi) is 7.62. The lowest BCUT2D eigenvalue weighted by Crippen LogP contribution is -2.70. The van der Waals surface area contributed by atoms with E-state index in [1.54, 1.807) is 0 Å². The number of carbonyl (C=O) groups is 3. The van der Waals surface area contributed by atoms with Crippen molar-refractivity contribution >= 4 is 53.0 Å². The number of esters is 1. The van der Waals surface area contributed by atoms with E-state index in [0.29, 0.717) is 21.5 Å². The predicted octanol–water partition coefficient (Wildman–Crippen LogP) is 2.94. The van der Waals surface area contributed by atoms with E-state index in [0.717, 1.165) is 22.9 Å². The molecule has 202 valence electrons. The lowest BCUT2D eigenvalue weighted by atomic mass is 10.0. The van der Waals surface area contributed by atoms with Gasteiger partial charge in [0.2, 0.25) is 11.1 Å². The number of fused-ring (bicyclic) bond motifs is 1. The van der Waals surface area contributed by atoms with E-state index in [1.165, 1.54) is 40.9 Å². The van der Waals surface area contributed by atoms with Crippen LogP contribution in [0.15, 0.2) is 88.9 Å². The van der Waals surface area contributed by atoms with Crippen molar-refractivity contribution < 1.29 is 19.1 Å². The van der Waals surface area contributed by atoms with Crippen LogP contribution in [0.4, 0.5) is 0 Å².